The van der Waals surface area contributed by atoms with Crippen LogP contribution in [-0.2, 0) is 0 Å². The summed E-state index contributed by atoms with van der Waals surface area (Å²) < 4.78 is 6.37. The molecule has 7 aromatic rings. The largest absolute Gasteiger partial charge is 0.455 e. The van der Waals surface area contributed by atoms with Gasteiger partial charge in [0.2, 0.25) is 0 Å². The number of aromatic amines is 1. The number of aromatic nitrogens is 1. The number of rotatable bonds is 0. The molecule has 0 saturated heterocycles. The van der Waals surface area contributed by atoms with Crippen molar-refractivity contribution in [3.05, 3.63) is 84.9 Å². The van der Waals surface area contributed by atoms with Crippen molar-refractivity contribution in [3.8, 4) is 0 Å². The van der Waals surface area contributed by atoms with Crippen molar-refractivity contribution in [1.29, 1.82) is 0 Å². The van der Waals surface area contributed by atoms with E-state index in [1.54, 1.807) is 0 Å². The summed E-state index contributed by atoms with van der Waals surface area (Å²) in [4.78, 5) is 3.69. The lowest BCUT2D eigenvalue weighted by molar-refractivity contribution is 0.673. The van der Waals surface area contributed by atoms with Gasteiger partial charge in [0.25, 0.3) is 0 Å². The van der Waals surface area contributed by atoms with Crippen LogP contribution in [0.2, 0.25) is 0 Å². The number of para-hydroxylation sites is 1. The topological polar surface area (TPSA) is 28.9 Å². The van der Waals surface area contributed by atoms with Crippen molar-refractivity contribution in [1.82, 2.24) is 4.98 Å². The third-order valence-corrected chi connectivity index (χ3v) is 5.99. The fourth-order valence-corrected chi connectivity index (χ4v) is 4.81. The molecule has 5 aromatic carbocycles. The number of benzene rings is 5. The molecule has 2 aromatic heterocycles. The van der Waals surface area contributed by atoms with E-state index in [4.69, 9.17) is 4.42 Å². The first-order valence-electron chi connectivity index (χ1n) is 9.55. The molecule has 0 bridgehead atoms. The number of fused-ring (bicyclic) bond motifs is 12. The average molecular weight is 357 g/mol. The second kappa shape index (κ2) is 4.93. The smallest absolute Gasteiger partial charge is 0.145 e. The van der Waals surface area contributed by atoms with Gasteiger partial charge in [0.1, 0.15) is 11.2 Å². The fraction of sp³-hybridized carbons (Fsp3) is 0. The summed E-state index contributed by atoms with van der Waals surface area (Å²) in [6.07, 6.45) is 0. The van der Waals surface area contributed by atoms with E-state index in [0.717, 1.165) is 16.7 Å². The van der Waals surface area contributed by atoms with Crippen LogP contribution in [0.1, 0.15) is 0 Å². The van der Waals surface area contributed by atoms with Gasteiger partial charge in [-0.2, -0.15) is 0 Å². The summed E-state index contributed by atoms with van der Waals surface area (Å²) in [5, 5.41) is 9.81. The van der Waals surface area contributed by atoms with Gasteiger partial charge in [-0.1, -0.05) is 66.7 Å². The second-order valence-electron chi connectivity index (χ2n) is 7.43. The van der Waals surface area contributed by atoms with E-state index < -0.39 is 0 Å². The van der Waals surface area contributed by atoms with Gasteiger partial charge in [-0.3, -0.25) is 0 Å². The lowest BCUT2D eigenvalue weighted by atomic mass is 9.96. The highest BCUT2D eigenvalue weighted by Crippen LogP contribution is 2.43. The van der Waals surface area contributed by atoms with E-state index in [9.17, 15) is 0 Å². The lowest BCUT2D eigenvalue weighted by Gasteiger charge is -2.07. The summed E-state index contributed by atoms with van der Waals surface area (Å²) >= 11 is 0. The first-order chi connectivity index (χ1) is 13.9. The van der Waals surface area contributed by atoms with Crippen LogP contribution < -0.4 is 0 Å². The van der Waals surface area contributed by atoms with E-state index in [1.807, 2.05) is 12.1 Å². The van der Waals surface area contributed by atoms with Gasteiger partial charge in [-0.25, -0.2) is 0 Å². The van der Waals surface area contributed by atoms with Gasteiger partial charge >= 0.3 is 0 Å². The molecule has 0 spiro atoms. The highest BCUT2D eigenvalue weighted by molar-refractivity contribution is 6.35. The number of hydrogen-bond donors (Lipinski definition) is 1. The first kappa shape index (κ1) is 14.3. The van der Waals surface area contributed by atoms with Crippen molar-refractivity contribution in [2.24, 2.45) is 0 Å². The Morgan fingerprint density at radius 2 is 1.14 bits per heavy atom. The number of H-pyrrole nitrogens is 1. The number of nitrogens with one attached hydrogen (secondary N) is 1. The maximum absolute atomic E-state index is 6.37. The molecular weight excluding hydrogens is 342 g/mol. The molecule has 0 fully saturated rings. The minimum Gasteiger partial charge on any atom is -0.455 e. The van der Waals surface area contributed by atoms with Crippen molar-refractivity contribution in [2.75, 3.05) is 0 Å². The standard InChI is InChI=1S/C26H15NO/c1-3-10-18-15(7-1)16-8-2-4-11-19(16)25-23(18)24-21(27-25)14-13-20-17-9-5-6-12-22(17)28-26(20)24/h1-14,27H. The molecular formula is C26H15NO. The quantitative estimate of drug-likeness (QED) is 0.279. The zero-order valence-corrected chi connectivity index (χ0v) is 15.0. The summed E-state index contributed by atoms with van der Waals surface area (Å²) in [5.41, 5.74) is 4.19. The van der Waals surface area contributed by atoms with Crippen LogP contribution >= 0.6 is 0 Å². The predicted molar refractivity (Wildman–Crippen MR) is 118 cm³/mol. The predicted octanol–water partition coefficient (Wildman–Crippen LogP) is 7.53. The average Bonchev–Trinajstić information content (AvgIpc) is 3.32. The van der Waals surface area contributed by atoms with Crippen LogP contribution in [0, 0.1) is 0 Å². The van der Waals surface area contributed by atoms with Crippen LogP contribution in [0.15, 0.2) is 89.3 Å². The van der Waals surface area contributed by atoms with Gasteiger partial charge < -0.3 is 9.40 Å². The zero-order valence-electron chi connectivity index (χ0n) is 15.0. The van der Waals surface area contributed by atoms with Crippen LogP contribution in [0.3, 0.4) is 0 Å². The molecule has 2 heteroatoms. The van der Waals surface area contributed by atoms with Crippen LogP contribution in [0.25, 0.3) is 65.3 Å². The lowest BCUT2D eigenvalue weighted by Crippen LogP contribution is -1.80. The molecule has 2 heterocycles. The van der Waals surface area contributed by atoms with Crippen LogP contribution in [0.5, 0.6) is 0 Å². The van der Waals surface area contributed by atoms with Crippen molar-refractivity contribution in [2.45, 2.75) is 0 Å². The summed E-state index contributed by atoms with van der Waals surface area (Å²) in [7, 11) is 0. The normalized spacial score (nSPS) is 12.3. The van der Waals surface area contributed by atoms with Crippen molar-refractivity contribution in [3.63, 3.8) is 0 Å². The zero-order chi connectivity index (χ0) is 18.2. The van der Waals surface area contributed by atoms with Gasteiger partial charge in [0.15, 0.2) is 0 Å². The maximum Gasteiger partial charge on any atom is 0.145 e. The molecule has 0 unspecified atom stereocenters. The van der Waals surface area contributed by atoms with Gasteiger partial charge in [-0.05, 0) is 34.4 Å². The molecule has 0 amide bonds. The van der Waals surface area contributed by atoms with E-state index in [1.165, 1.54) is 48.6 Å². The monoisotopic (exact) mass is 357 g/mol. The number of furan rings is 1. The molecule has 130 valence electrons. The van der Waals surface area contributed by atoms with E-state index in [0.29, 0.717) is 0 Å². The first-order valence-corrected chi connectivity index (χ1v) is 9.55. The third-order valence-electron chi connectivity index (χ3n) is 5.99. The molecule has 7 rings (SSSR count). The fourth-order valence-electron chi connectivity index (χ4n) is 4.81. The highest BCUT2D eigenvalue weighted by atomic mass is 16.3. The molecule has 0 atom stereocenters. The molecule has 0 aliphatic carbocycles. The van der Waals surface area contributed by atoms with Gasteiger partial charge in [-0.15, -0.1) is 0 Å². The van der Waals surface area contributed by atoms with E-state index >= 15 is 0 Å². The third kappa shape index (κ3) is 1.64. The van der Waals surface area contributed by atoms with Crippen LogP contribution in [-0.4, -0.2) is 4.98 Å². The Morgan fingerprint density at radius 1 is 0.500 bits per heavy atom. The summed E-state index contributed by atoms with van der Waals surface area (Å²) in [5.74, 6) is 0. The van der Waals surface area contributed by atoms with Gasteiger partial charge in [0, 0.05) is 21.5 Å². The summed E-state index contributed by atoms with van der Waals surface area (Å²) in [6, 6.07) is 29.9. The Hall–Kier alpha value is -3.78. The Balaban J connectivity index is 1.87. The molecule has 0 radical (unpaired) electrons. The number of hydrogen-bond acceptors (Lipinski definition) is 1. The van der Waals surface area contributed by atoms with Gasteiger partial charge in [0.05, 0.1) is 16.4 Å². The summed E-state index contributed by atoms with van der Waals surface area (Å²) in [6.45, 7) is 0. The molecule has 0 aliphatic heterocycles. The SMILES string of the molecule is c1ccc2c(c1)oc1c2ccc2[nH]c3c4ccccc4c4ccccc4c3c21. The minimum atomic E-state index is 0.935. The Kier molecular flexibility index (Phi) is 2.52. The van der Waals surface area contributed by atoms with E-state index in [2.05, 4.69) is 77.8 Å². The van der Waals surface area contributed by atoms with E-state index in [-0.39, 0.29) is 0 Å². The molecule has 1 N–H and O–H groups in total. The Morgan fingerprint density at radius 3 is 1.96 bits per heavy atom. The van der Waals surface area contributed by atoms with Crippen molar-refractivity contribution < 1.29 is 4.42 Å². The molecule has 2 nitrogen and oxygen atoms in total. The Labute approximate surface area is 160 Å². The second-order valence-corrected chi connectivity index (χ2v) is 7.43. The van der Waals surface area contributed by atoms with Crippen LogP contribution in [0.4, 0.5) is 0 Å². The Bertz CT molecular complexity index is 1720. The maximum atomic E-state index is 6.37. The molecule has 0 aliphatic rings. The highest BCUT2D eigenvalue weighted by Gasteiger charge is 2.18. The minimum absolute atomic E-state index is 0.935. The molecule has 0 saturated carbocycles. The molecule has 28 heavy (non-hydrogen) atoms. The van der Waals surface area contributed by atoms with Crippen molar-refractivity contribution >= 4 is 65.3 Å².